The molecule has 0 radical (unpaired) electrons. The summed E-state index contributed by atoms with van der Waals surface area (Å²) in [6, 6.07) is 10.5. The van der Waals surface area contributed by atoms with E-state index in [-0.39, 0.29) is 6.04 Å². The Balaban J connectivity index is 2.00. The van der Waals surface area contributed by atoms with Crippen molar-refractivity contribution in [1.29, 1.82) is 0 Å². The lowest BCUT2D eigenvalue weighted by atomic mass is 10.0. The molecule has 1 aromatic carbocycles. The first-order chi connectivity index (χ1) is 9.95. The van der Waals surface area contributed by atoms with Crippen molar-refractivity contribution in [1.82, 2.24) is 10.3 Å². The Labute approximate surface area is 131 Å². The predicted octanol–water partition coefficient (Wildman–Crippen LogP) is 4.05. The summed E-state index contributed by atoms with van der Waals surface area (Å²) < 4.78 is 0. The van der Waals surface area contributed by atoms with Crippen molar-refractivity contribution < 1.29 is 0 Å². The Bertz CT molecular complexity index is 652. The van der Waals surface area contributed by atoms with E-state index in [0.29, 0.717) is 5.11 Å². The number of pyridine rings is 1. The molecule has 1 aromatic heterocycles. The maximum absolute atomic E-state index is 5.35. The summed E-state index contributed by atoms with van der Waals surface area (Å²) in [6.45, 7) is 8.37. The number of anilines is 1. The number of rotatable bonds is 3. The Hall–Kier alpha value is -1.94. The zero-order chi connectivity index (χ0) is 15.4. The third kappa shape index (κ3) is 4.26. The van der Waals surface area contributed by atoms with Gasteiger partial charge in [0.1, 0.15) is 5.82 Å². The number of nitrogens with one attached hydrogen (secondary N) is 2. The molecule has 0 fully saturated rings. The van der Waals surface area contributed by atoms with E-state index in [9.17, 15) is 0 Å². The lowest BCUT2D eigenvalue weighted by molar-refractivity contribution is 0.721. The van der Waals surface area contributed by atoms with Gasteiger partial charge < -0.3 is 10.6 Å². The lowest BCUT2D eigenvalue weighted by Gasteiger charge is -2.18. The number of aryl methyl sites for hydroxylation is 3. The number of nitrogens with zero attached hydrogens (tertiary/aromatic N) is 1. The van der Waals surface area contributed by atoms with Gasteiger partial charge in [0.05, 0.1) is 6.04 Å². The standard InChI is InChI=1S/C17H21N3S/c1-11-7-8-18-16(9-11)20-17(21)19-14(4)15-6-5-12(2)13(3)10-15/h5-10,14H,1-4H3,(H2,18,19,20,21)/t14-/m1/s1. The van der Waals surface area contributed by atoms with E-state index in [1.165, 1.54) is 16.7 Å². The zero-order valence-corrected chi connectivity index (χ0v) is 13.7. The lowest BCUT2D eigenvalue weighted by Crippen LogP contribution is -2.31. The van der Waals surface area contributed by atoms with E-state index < -0.39 is 0 Å². The molecule has 4 heteroatoms. The molecular weight excluding hydrogens is 278 g/mol. The minimum absolute atomic E-state index is 0.147. The van der Waals surface area contributed by atoms with Gasteiger partial charge in [0, 0.05) is 6.20 Å². The number of thiocarbonyl (C=S) groups is 1. The van der Waals surface area contributed by atoms with Crippen molar-refractivity contribution in [2.75, 3.05) is 5.32 Å². The smallest absolute Gasteiger partial charge is 0.172 e. The Kier molecular flexibility index (Phi) is 4.91. The molecule has 0 amide bonds. The fourth-order valence-corrected chi connectivity index (χ4v) is 2.35. The molecule has 0 aliphatic heterocycles. The number of hydrogen-bond donors (Lipinski definition) is 2. The summed E-state index contributed by atoms with van der Waals surface area (Å²) in [5.74, 6) is 0.764. The Morgan fingerprint density at radius 2 is 1.86 bits per heavy atom. The number of benzene rings is 1. The summed E-state index contributed by atoms with van der Waals surface area (Å²) >= 11 is 5.35. The largest absolute Gasteiger partial charge is 0.356 e. The fourth-order valence-electron chi connectivity index (χ4n) is 2.07. The van der Waals surface area contributed by atoms with Crippen LogP contribution in [0, 0.1) is 20.8 Å². The second-order valence-electron chi connectivity index (χ2n) is 5.38. The van der Waals surface area contributed by atoms with Gasteiger partial charge in [0.2, 0.25) is 0 Å². The average molecular weight is 299 g/mol. The van der Waals surface area contributed by atoms with Gasteiger partial charge in [0.25, 0.3) is 0 Å². The van der Waals surface area contributed by atoms with Gasteiger partial charge in [-0.1, -0.05) is 18.2 Å². The molecule has 0 unspecified atom stereocenters. The van der Waals surface area contributed by atoms with Gasteiger partial charge in [-0.05, 0) is 74.3 Å². The first kappa shape index (κ1) is 15.4. The van der Waals surface area contributed by atoms with Crippen LogP contribution in [0.15, 0.2) is 36.5 Å². The Morgan fingerprint density at radius 3 is 2.52 bits per heavy atom. The van der Waals surface area contributed by atoms with Crippen LogP contribution >= 0.6 is 12.2 Å². The molecule has 0 saturated carbocycles. The summed E-state index contributed by atoms with van der Waals surface area (Å²) in [6.07, 6.45) is 1.77. The molecule has 0 saturated heterocycles. The second kappa shape index (κ2) is 6.68. The van der Waals surface area contributed by atoms with Crippen molar-refractivity contribution in [2.45, 2.75) is 33.7 Å². The molecule has 3 nitrogen and oxygen atoms in total. The predicted molar refractivity (Wildman–Crippen MR) is 92.7 cm³/mol. The van der Waals surface area contributed by atoms with E-state index in [2.05, 4.69) is 54.6 Å². The monoisotopic (exact) mass is 299 g/mol. The van der Waals surface area contributed by atoms with Crippen LogP contribution in [0.3, 0.4) is 0 Å². The van der Waals surface area contributed by atoms with Crippen molar-refractivity contribution in [2.24, 2.45) is 0 Å². The van der Waals surface area contributed by atoms with Crippen LogP contribution in [-0.2, 0) is 0 Å². The minimum atomic E-state index is 0.147. The quantitative estimate of drug-likeness (QED) is 0.838. The molecule has 0 aliphatic rings. The highest BCUT2D eigenvalue weighted by molar-refractivity contribution is 7.80. The molecular formula is C17H21N3S. The molecule has 2 N–H and O–H groups in total. The van der Waals surface area contributed by atoms with Gasteiger partial charge in [-0.15, -0.1) is 0 Å². The molecule has 2 aromatic rings. The maximum atomic E-state index is 5.35. The van der Waals surface area contributed by atoms with E-state index in [4.69, 9.17) is 12.2 Å². The summed E-state index contributed by atoms with van der Waals surface area (Å²) in [5, 5.41) is 6.99. The van der Waals surface area contributed by atoms with E-state index >= 15 is 0 Å². The van der Waals surface area contributed by atoms with E-state index in [1.54, 1.807) is 6.20 Å². The van der Waals surface area contributed by atoms with Gasteiger partial charge in [-0.3, -0.25) is 0 Å². The van der Waals surface area contributed by atoms with Gasteiger partial charge in [-0.2, -0.15) is 0 Å². The fraction of sp³-hybridized carbons (Fsp3) is 0.294. The number of aromatic nitrogens is 1. The zero-order valence-electron chi connectivity index (χ0n) is 12.9. The third-order valence-corrected chi connectivity index (χ3v) is 3.76. The van der Waals surface area contributed by atoms with Crippen LogP contribution in [-0.4, -0.2) is 10.1 Å². The number of hydrogen-bond acceptors (Lipinski definition) is 2. The van der Waals surface area contributed by atoms with Crippen LogP contribution in [0.1, 0.15) is 35.2 Å². The van der Waals surface area contributed by atoms with Crippen molar-refractivity contribution in [3.8, 4) is 0 Å². The molecule has 21 heavy (non-hydrogen) atoms. The maximum Gasteiger partial charge on any atom is 0.172 e. The van der Waals surface area contributed by atoms with Gasteiger partial charge in [-0.25, -0.2) is 4.98 Å². The third-order valence-electron chi connectivity index (χ3n) is 3.54. The van der Waals surface area contributed by atoms with Crippen LogP contribution < -0.4 is 10.6 Å². The molecule has 0 bridgehead atoms. The van der Waals surface area contributed by atoms with Crippen LogP contribution in [0.2, 0.25) is 0 Å². The normalized spacial score (nSPS) is 11.8. The van der Waals surface area contributed by atoms with Crippen molar-refractivity contribution in [3.05, 3.63) is 58.8 Å². The molecule has 0 spiro atoms. The second-order valence-corrected chi connectivity index (χ2v) is 5.79. The topological polar surface area (TPSA) is 37.0 Å². The highest BCUT2D eigenvalue weighted by Gasteiger charge is 2.08. The van der Waals surface area contributed by atoms with Crippen LogP contribution in [0.5, 0.6) is 0 Å². The molecule has 1 heterocycles. The molecule has 110 valence electrons. The first-order valence-corrected chi connectivity index (χ1v) is 7.44. The summed E-state index contributed by atoms with van der Waals surface area (Å²) in [4.78, 5) is 4.25. The van der Waals surface area contributed by atoms with Crippen molar-refractivity contribution >= 4 is 23.1 Å². The summed E-state index contributed by atoms with van der Waals surface area (Å²) in [7, 11) is 0. The van der Waals surface area contributed by atoms with Crippen molar-refractivity contribution in [3.63, 3.8) is 0 Å². The molecule has 0 aliphatic carbocycles. The first-order valence-electron chi connectivity index (χ1n) is 7.03. The average Bonchev–Trinajstić information content (AvgIpc) is 2.41. The van der Waals surface area contributed by atoms with E-state index in [0.717, 1.165) is 11.4 Å². The Morgan fingerprint density at radius 1 is 1.10 bits per heavy atom. The minimum Gasteiger partial charge on any atom is -0.356 e. The van der Waals surface area contributed by atoms with Crippen LogP contribution in [0.25, 0.3) is 0 Å². The van der Waals surface area contributed by atoms with Gasteiger partial charge in [0.15, 0.2) is 5.11 Å². The summed E-state index contributed by atoms with van der Waals surface area (Å²) in [5.41, 5.74) is 4.97. The van der Waals surface area contributed by atoms with E-state index in [1.807, 2.05) is 19.1 Å². The SMILES string of the molecule is Cc1ccnc(NC(=S)N[C@H](C)c2ccc(C)c(C)c2)c1. The molecule has 2 rings (SSSR count). The highest BCUT2D eigenvalue weighted by atomic mass is 32.1. The van der Waals surface area contributed by atoms with Crippen LogP contribution in [0.4, 0.5) is 5.82 Å². The highest BCUT2D eigenvalue weighted by Crippen LogP contribution is 2.17. The van der Waals surface area contributed by atoms with Gasteiger partial charge >= 0.3 is 0 Å². The molecule has 1 atom stereocenters.